The Morgan fingerprint density at radius 2 is 1.38 bits per heavy atom. The smallest absolute Gasteiger partial charge is 0.240 e. The molecule has 2 rings (SSSR count). The zero-order valence-corrected chi connectivity index (χ0v) is 15.1. The number of allylic oxidation sites excluding steroid dienone is 2. The van der Waals surface area contributed by atoms with Crippen molar-refractivity contribution in [2.45, 2.75) is 6.42 Å². The lowest BCUT2D eigenvalue weighted by atomic mass is 10.2. The highest BCUT2D eigenvalue weighted by atomic mass is 16.1. The highest BCUT2D eigenvalue weighted by molar-refractivity contribution is 5.84. The van der Waals surface area contributed by atoms with E-state index in [-0.39, 0.29) is 0 Å². The van der Waals surface area contributed by atoms with Crippen molar-refractivity contribution in [2.75, 3.05) is 0 Å². The molecule has 0 heterocycles. The topological polar surface area (TPSA) is 66.9 Å². The summed E-state index contributed by atoms with van der Waals surface area (Å²) in [5.41, 5.74) is 7.03. The van der Waals surface area contributed by atoms with E-state index < -0.39 is 5.91 Å². The molecule has 0 fully saturated rings. The number of rotatable bonds is 4. The molecule has 0 aliphatic rings. The fourth-order valence-corrected chi connectivity index (χ4v) is 1.37. The number of carbonyl (C=O) groups excluding carboxylic acids is 1. The first-order valence-electron chi connectivity index (χ1n) is 7.80. The van der Waals surface area contributed by atoms with E-state index in [1.54, 1.807) is 6.07 Å². The maximum Gasteiger partial charge on any atom is 0.240 e. The van der Waals surface area contributed by atoms with Crippen LogP contribution in [0.1, 0.15) is 11.1 Å². The van der Waals surface area contributed by atoms with Crippen molar-refractivity contribution in [1.29, 1.82) is 5.26 Å². The van der Waals surface area contributed by atoms with Gasteiger partial charge in [0.2, 0.25) is 5.91 Å². The summed E-state index contributed by atoms with van der Waals surface area (Å²) in [4.78, 5) is 9.47. The SMILES string of the molecule is C=CC#N.C=CC(N)=O.C=CCc1ccccc1.C=Cc1ccccc1. The van der Waals surface area contributed by atoms with Crippen molar-refractivity contribution in [3.05, 3.63) is 116 Å². The molecule has 3 heteroatoms. The van der Waals surface area contributed by atoms with Crippen LogP contribution in [0.15, 0.2) is 105 Å². The summed E-state index contributed by atoms with van der Waals surface area (Å²) in [5.74, 6) is -0.481. The number of nitriles is 1. The third kappa shape index (κ3) is 18.4. The van der Waals surface area contributed by atoms with Crippen LogP contribution in [0.2, 0.25) is 0 Å². The van der Waals surface area contributed by atoms with E-state index in [2.05, 4.69) is 44.2 Å². The van der Waals surface area contributed by atoms with Crippen LogP contribution in [0.5, 0.6) is 0 Å². The van der Waals surface area contributed by atoms with E-state index in [4.69, 9.17) is 5.26 Å². The van der Waals surface area contributed by atoms with Crippen molar-refractivity contribution < 1.29 is 4.79 Å². The summed E-state index contributed by atoms with van der Waals surface area (Å²) in [5, 5.41) is 7.51. The van der Waals surface area contributed by atoms with Crippen LogP contribution in [0.25, 0.3) is 6.08 Å². The molecule has 1 amide bonds. The van der Waals surface area contributed by atoms with Gasteiger partial charge in [0, 0.05) is 6.08 Å². The van der Waals surface area contributed by atoms with Gasteiger partial charge >= 0.3 is 0 Å². The Kier molecular flexibility index (Phi) is 18.4. The second-order valence-corrected chi connectivity index (χ2v) is 4.53. The van der Waals surface area contributed by atoms with Crippen molar-refractivity contribution >= 4 is 12.0 Å². The van der Waals surface area contributed by atoms with Crippen LogP contribution >= 0.6 is 0 Å². The maximum atomic E-state index is 9.47. The van der Waals surface area contributed by atoms with Gasteiger partial charge in [-0.25, -0.2) is 0 Å². The molecule has 26 heavy (non-hydrogen) atoms. The monoisotopic (exact) mass is 346 g/mol. The van der Waals surface area contributed by atoms with E-state index in [9.17, 15) is 4.79 Å². The van der Waals surface area contributed by atoms with Gasteiger partial charge < -0.3 is 5.73 Å². The zero-order chi connectivity index (χ0) is 20.0. The Morgan fingerprint density at radius 3 is 1.65 bits per heavy atom. The molecule has 2 aromatic carbocycles. The minimum atomic E-state index is -0.481. The number of hydrogen-bond donors (Lipinski definition) is 1. The standard InChI is InChI=1S/C9H10.C8H8.C3H5NO.C3H3N/c1-2-6-9-7-4-3-5-8-9;1-2-8-6-4-3-5-7-8;1-2-3(4)5;1-2-3-4/h2-5,7-8H,1,6H2;2-7H,1H2;2H,1H2,(H2,4,5);2H,1H2. The Balaban J connectivity index is 0. The van der Waals surface area contributed by atoms with Gasteiger partial charge in [-0.05, 0) is 23.6 Å². The summed E-state index contributed by atoms with van der Waals surface area (Å²) in [6.07, 6.45) is 6.95. The fraction of sp³-hybridized carbons (Fsp3) is 0.0435. The number of hydrogen-bond acceptors (Lipinski definition) is 2. The zero-order valence-electron chi connectivity index (χ0n) is 15.1. The number of carbonyl (C=O) groups is 1. The number of nitrogens with two attached hydrogens (primary N) is 1. The molecule has 0 atom stereocenters. The first kappa shape index (κ1) is 24.6. The molecule has 3 nitrogen and oxygen atoms in total. The minimum Gasteiger partial charge on any atom is -0.366 e. The summed E-state index contributed by atoms with van der Waals surface area (Å²) >= 11 is 0. The molecule has 2 aromatic rings. The molecular formula is C23H26N2O. The second-order valence-electron chi connectivity index (χ2n) is 4.53. The largest absolute Gasteiger partial charge is 0.366 e. The Labute approximate surface area is 157 Å². The molecule has 0 aromatic heterocycles. The van der Waals surface area contributed by atoms with E-state index in [1.807, 2.05) is 60.7 Å². The third-order valence-electron chi connectivity index (χ3n) is 2.55. The van der Waals surface area contributed by atoms with Crippen molar-refractivity contribution in [1.82, 2.24) is 0 Å². The number of amides is 1. The predicted molar refractivity (Wildman–Crippen MR) is 112 cm³/mol. The van der Waals surface area contributed by atoms with Crippen LogP contribution in [0.3, 0.4) is 0 Å². The van der Waals surface area contributed by atoms with E-state index in [1.165, 1.54) is 17.2 Å². The Morgan fingerprint density at radius 1 is 0.962 bits per heavy atom. The molecular weight excluding hydrogens is 320 g/mol. The lowest BCUT2D eigenvalue weighted by Gasteiger charge is -1.91. The summed E-state index contributed by atoms with van der Waals surface area (Å²) in [7, 11) is 0. The van der Waals surface area contributed by atoms with E-state index in [0.29, 0.717) is 0 Å². The first-order chi connectivity index (χ1) is 12.5. The van der Waals surface area contributed by atoms with Crippen molar-refractivity contribution in [3.63, 3.8) is 0 Å². The Bertz CT molecular complexity index is 683. The quantitative estimate of drug-likeness (QED) is 0.475. The van der Waals surface area contributed by atoms with Crippen LogP contribution in [0.4, 0.5) is 0 Å². The maximum absolute atomic E-state index is 9.47. The summed E-state index contributed by atoms with van der Waals surface area (Å²) in [6.45, 7) is 13.5. The molecule has 0 unspecified atom stereocenters. The minimum absolute atomic E-state index is 0.481. The number of benzene rings is 2. The van der Waals surface area contributed by atoms with Gasteiger partial charge in [-0.3, -0.25) is 4.79 Å². The molecule has 0 aliphatic heterocycles. The van der Waals surface area contributed by atoms with Gasteiger partial charge in [0.25, 0.3) is 0 Å². The lowest BCUT2D eigenvalue weighted by Crippen LogP contribution is -2.04. The first-order valence-corrected chi connectivity index (χ1v) is 7.80. The second kappa shape index (κ2) is 19.4. The van der Waals surface area contributed by atoms with Gasteiger partial charge in [-0.2, -0.15) is 5.26 Å². The van der Waals surface area contributed by atoms with Gasteiger partial charge in [0.05, 0.1) is 6.07 Å². The average Bonchev–Trinajstić information content (AvgIpc) is 2.71. The molecule has 0 bridgehead atoms. The summed E-state index contributed by atoms with van der Waals surface area (Å²) in [6, 6.07) is 22.0. The highest BCUT2D eigenvalue weighted by Gasteiger charge is 1.82. The van der Waals surface area contributed by atoms with Crippen molar-refractivity contribution in [2.24, 2.45) is 5.73 Å². The summed E-state index contributed by atoms with van der Waals surface area (Å²) < 4.78 is 0. The fourth-order valence-electron chi connectivity index (χ4n) is 1.37. The molecule has 0 spiro atoms. The average molecular weight is 346 g/mol. The molecule has 134 valence electrons. The van der Waals surface area contributed by atoms with E-state index >= 15 is 0 Å². The lowest BCUT2D eigenvalue weighted by molar-refractivity contribution is -0.113. The Hall–Kier alpha value is -3.64. The molecule has 0 saturated heterocycles. The van der Waals surface area contributed by atoms with Crippen molar-refractivity contribution in [3.8, 4) is 6.07 Å². The molecule has 0 aliphatic carbocycles. The number of primary amides is 1. The predicted octanol–water partition coefficient (Wildman–Crippen LogP) is 5.10. The van der Waals surface area contributed by atoms with Gasteiger partial charge in [-0.1, -0.05) is 92.6 Å². The van der Waals surface area contributed by atoms with E-state index in [0.717, 1.165) is 12.5 Å². The van der Waals surface area contributed by atoms with Crippen LogP contribution < -0.4 is 5.73 Å². The van der Waals surface area contributed by atoms with Gasteiger partial charge in [0.1, 0.15) is 0 Å². The normalized spacial score (nSPS) is 7.50. The van der Waals surface area contributed by atoms with Gasteiger partial charge in [-0.15, -0.1) is 6.58 Å². The number of nitrogens with zero attached hydrogens (tertiary/aromatic N) is 1. The third-order valence-corrected chi connectivity index (χ3v) is 2.55. The highest BCUT2D eigenvalue weighted by Crippen LogP contribution is 1.98. The van der Waals surface area contributed by atoms with Crippen LogP contribution in [0, 0.1) is 11.3 Å². The molecule has 0 saturated carbocycles. The molecule has 2 N–H and O–H groups in total. The molecule has 0 radical (unpaired) electrons. The van der Waals surface area contributed by atoms with Gasteiger partial charge in [0.15, 0.2) is 0 Å². The van der Waals surface area contributed by atoms with Crippen LogP contribution in [-0.2, 0) is 11.2 Å². The van der Waals surface area contributed by atoms with Crippen LogP contribution in [-0.4, -0.2) is 5.91 Å².